The van der Waals surface area contributed by atoms with E-state index in [1.807, 2.05) is 30.3 Å². The Balaban J connectivity index is 2.28. The molecule has 1 fully saturated rings. The van der Waals surface area contributed by atoms with Crippen LogP contribution in [0, 0.1) is 0 Å². The highest BCUT2D eigenvalue weighted by Gasteiger charge is 2.34. The van der Waals surface area contributed by atoms with Gasteiger partial charge >= 0.3 is 0 Å². The highest BCUT2D eigenvalue weighted by Crippen LogP contribution is 2.19. The quantitative estimate of drug-likeness (QED) is 0.370. The van der Waals surface area contributed by atoms with Gasteiger partial charge < -0.3 is 5.11 Å². The number of hydrogen-bond donors (Lipinski definition) is 2. The van der Waals surface area contributed by atoms with Gasteiger partial charge in [0.1, 0.15) is 5.57 Å². The molecule has 1 saturated heterocycles. The molecule has 120 valence electrons. The van der Waals surface area contributed by atoms with Gasteiger partial charge in [0.2, 0.25) is 0 Å². The Labute approximate surface area is 140 Å². The van der Waals surface area contributed by atoms with E-state index in [9.17, 15) is 14.7 Å². The number of aliphatic hydroxyl groups is 1. The van der Waals surface area contributed by atoms with Crippen LogP contribution >= 0.6 is 12.2 Å². The van der Waals surface area contributed by atoms with E-state index >= 15 is 0 Å². The Kier molecular flexibility index (Phi) is 5.08. The predicted octanol–water partition coefficient (Wildman–Crippen LogP) is 1.34. The Morgan fingerprint density at radius 3 is 2.61 bits per heavy atom. The van der Waals surface area contributed by atoms with Gasteiger partial charge in [-0.25, -0.2) is 0 Å². The van der Waals surface area contributed by atoms with Crippen molar-refractivity contribution in [3.05, 3.63) is 60.2 Å². The Morgan fingerprint density at radius 1 is 1.35 bits per heavy atom. The number of hydrogen-bond acceptors (Lipinski definition) is 4. The van der Waals surface area contributed by atoms with Crippen molar-refractivity contribution in [2.45, 2.75) is 18.9 Å². The summed E-state index contributed by atoms with van der Waals surface area (Å²) in [5, 5.41) is 13.1. The summed E-state index contributed by atoms with van der Waals surface area (Å²) < 4.78 is 0. The molecule has 1 aromatic rings. The van der Waals surface area contributed by atoms with Crippen molar-refractivity contribution < 1.29 is 14.7 Å². The molecule has 1 aliphatic heterocycles. The summed E-state index contributed by atoms with van der Waals surface area (Å²) in [5.41, 5.74) is -0.569. The van der Waals surface area contributed by atoms with E-state index in [2.05, 4.69) is 11.9 Å². The third kappa shape index (κ3) is 4.12. The Hall–Kier alpha value is -2.31. The van der Waals surface area contributed by atoms with Crippen molar-refractivity contribution in [2.75, 3.05) is 6.54 Å². The van der Waals surface area contributed by atoms with Crippen LogP contribution in [0.4, 0.5) is 0 Å². The molecule has 2 amide bonds. The zero-order valence-corrected chi connectivity index (χ0v) is 13.6. The number of benzene rings is 1. The summed E-state index contributed by atoms with van der Waals surface area (Å²) in [6, 6.07) is 9.34. The molecule has 1 unspecified atom stereocenters. The van der Waals surface area contributed by atoms with Crippen LogP contribution in [0.2, 0.25) is 0 Å². The SMILES string of the molecule is C=CCN1C(=O)/C(=C/C(C)(O)Cc2ccccc2)C(=O)NC1=S. The van der Waals surface area contributed by atoms with Crippen LogP contribution in [0.15, 0.2) is 54.6 Å². The first-order valence-corrected chi connectivity index (χ1v) is 7.52. The molecule has 1 aromatic carbocycles. The van der Waals surface area contributed by atoms with Crippen molar-refractivity contribution in [2.24, 2.45) is 0 Å². The lowest BCUT2D eigenvalue weighted by atomic mass is 9.93. The standard InChI is InChI=1S/C17H18N2O3S/c1-3-9-19-15(21)13(14(20)18-16(19)23)11-17(2,22)10-12-7-5-4-6-8-12/h3-8,11,22H,1,9-10H2,2H3,(H,18,20,23)/b13-11+. The molecule has 0 saturated carbocycles. The molecule has 0 aromatic heterocycles. The molecule has 0 radical (unpaired) electrons. The lowest BCUT2D eigenvalue weighted by Crippen LogP contribution is -2.54. The number of nitrogens with zero attached hydrogens (tertiary/aromatic N) is 1. The largest absolute Gasteiger partial charge is 0.386 e. The molecule has 2 N–H and O–H groups in total. The van der Waals surface area contributed by atoms with Crippen LogP contribution in [0.25, 0.3) is 0 Å². The summed E-state index contributed by atoms with van der Waals surface area (Å²) in [6.07, 6.45) is 3.08. The van der Waals surface area contributed by atoms with E-state index in [1.54, 1.807) is 6.92 Å². The van der Waals surface area contributed by atoms with Gasteiger partial charge in [-0.2, -0.15) is 0 Å². The van der Waals surface area contributed by atoms with E-state index in [4.69, 9.17) is 12.2 Å². The molecular weight excluding hydrogens is 312 g/mol. The zero-order chi connectivity index (χ0) is 17.0. The van der Waals surface area contributed by atoms with Gasteiger partial charge in [-0.3, -0.25) is 19.8 Å². The highest BCUT2D eigenvalue weighted by atomic mass is 32.1. The molecule has 5 nitrogen and oxygen atoms in total. The van der Waals surface area contributed by atoms with E-state index < -0.39 is 17.4 Å². The van der Waals surface area contributed by atoms with Gasteiger partial charge in [-0.05, 0) is 30.8 Å². The van der Waals surface area contributed by atoms with Gasteiger partial charge in [-0.15, -0.1) is 6.58 Å². The second-order valence-electron chi connectivity index (χ2n) is 5.54. The first-order valence-electron chi connectivity index (χ1n) is 7.11. The maximum atomic E-state index is 12.4. The highest BCUT2D eigenvalue weighted by molar-refractivity contribution is 7.80. The van der Waals surface area contributed by atoms with Gasteiger partial charge in [0.15, 0.2) is 5.11 Å². The lowest BCUT2D eigenvalue weighted by molar-refractivity contribution is -0.128. The zero-order valence-electron chi connectivity index (χ0n) is 12.8. The fourth-order valence-corrected chi connectivity index (χ4v) is 2.61. The average Bonchev–Trinajstić information content (AvgIpc) is 2.48. The van der Waals surface area contributed by atoms with Gasteiger partial charge in [0.05, 0.1) is 5.60 Å². The smallest absolute Gasteiger partial charge is 0.265 e. The lowest BCUT2D eigenvalue weighted by Gasteiger charge is -2.29. The van der Waals surface area contributed by atoms with Gasteiger partial charge in [-0.1, -0.05) is 36.4 Å². The second kappa shape index (κ2) is 6.85. The predicted molar refractivity (Wildman–Crippen MR) is 91.5 cm³/mol. The van der Waals surface area contributed by atoms with Crippen molar-refractivity contribution in [3.8, 4) is 0 Å². The third-order valence-electron chi connectivity index (χ3n) is 3.36. The summed E-state index contributed by atoms with van der Waals surface area (Å²) in [7, 11) is 0. The number of carbonyl (C=O) groups is 2. The minimum Gasteiger partial charge on any atom is -0.386 e. The number of nitrogens with one attached hydrogen (secondary N) is 1. The van der Waals surface area contributed by atoms with Gasteiger partial charge in [0, 0.05) is 13.0 Å². The molecule has 0 aliphatic carbocycles. The van der Waals surface area contributed by atoms with Crippen molar-refractivity contribution in [1.82, 2.24) is 10.2 Å². The van der Waals surface area contributed by atoms with E-state index in [1.165, 1.54) is 17.1 Å². The molecule has 0 bridgehead atoms. The van der Waals surface area contributed by atoms with Crippen LogP contribution in [0.3, 0.4) is 0 Å². The summed E-state index contributed by atoms with van der Waals surface area (Å²) in [5.74, 6) is -1.14. The molecular formula is C17H18N2O3S. The normalized spacial score (nSPS) is 19.5. The Morgan fingerprint density at radius 2 is 2.00 bits per heavy atom. The minimum absolute atomic E-state index is 0.0414. The van der Waals surface area contributed by atoms with Gasteiger partial charge in [0.25, 0.3) is 11.8 Å². The topological polar surface area (TPSA) is 69.6 Å². The molecule has 0 spiro atoms. The summed E-state index contributed by atoms with van der Waals surface area (Å²) >= 11 is 4.98. The molecule has 1 atom stereocenters. The van der Waals surface area contributed by atoms with Crippen LogP contribution < -0.4 is 5.32 Å². The van der Waals surface area contributed by atoms with E-state index in [0.29, 0.717) is 0 Å². The van der Waals surface area contributed by atoms with E-state index in [0.717, 1.165) is 5.56 Å². The minimum atomic E-state index is -1.34. The summed E-state index contributed by atoms with van der Waals surface area (Å²) in [6.45, 7) is 5.31. The number of amides is 2. The van der Waals surface area contributed by atoms with Crippen LogP contribution in [-0.2, 0) is 16.0 Å². The molecule has 1 heterocycles. The van der Waals surface area contributed by atoms with Crippen LogP contribution in [0.5, 0.6) is 0 Å². The number of thiocarbonyl (C=S) groups is 1. The molecule has 2 rings (SSSR count). The van der Waals surface area contributed by atoms with Crippen molar-refractivity contribution in [3.63, 3.8) is 0 Å². The van der Waals surface area contributed by atoms with Crippen molar-refractivity contribution >= 4 is 29.1 Å². The first kappa shape index (κ1) is 17.1. The maximum absolute atomic E-state index is 12.4. The fraction of sp³-hybridized carbons (Fsp3) is 0.235. The Bertz CT molecular complexity index is 680. The average molecular weight is 330 g/mol. The fourth-order valence-electron chi connectivity index (χ4n) is 2.36. The number of rotatable bonds is 5. The first-order chi connectivity index (χ1) is 10.8. The van der Waals surface area contributed by atoms with Crippen LogP contribution in [-0.4, -0.2) is 39.1 Å². The maximum Gasteiger partial charge on any atom is 0.265 e. The van der Waals surface area contributed by atoms with Crippen molar-refractivity contribution in [1.29, 1.82) is 0 Å². The third-order valence-corrected chi connectivity index (χ3v) is 3.68. The summed E-state index contributed by atoms with van der Waals surface area (Å²) in [4.78, 5) is 25.7. The molecule has 23 heavy (non-hydrogen) atoms. The van der Waals surface area contributed by atoms with Crippen LogP contribution in [0.1, 0.15) is 12.5 Å². The second-order valence-corrected chi connectivity index (χ2v) is 5.93. The molecule has 1 aliphatic rings. The molecule has 6 heteroatoms. The monoisotopic (exact) mass is 330 g/mol. The number of carbonyl (C=O) groups excluding carboxylic acids is 2. The van der Waals surface area contributed by atoms with E-state index in [-0.39, 0.29) is 23.7 Å².